The van der Waals surface area contributed by atoms with Crippen molar-refractivity contribution < 1.29 is 27.5 Å². The standard InChI is InChI=1S/C25H31Cl2N3O6S/c1-5-37(33,34)30(18-9-10-22-23(11-18)36-15-35-22)14-24(31)29(17(4)25(32)28-12-16(2)3)13-19-20(26)7-6-8-21(19)27/h6-11,16-17H,5,12-15H2,1-4H3,(H,28,32)/t17-/m1/s1. The number of rotatable bonds is 11. The quantitative estimate of drug-likeness (QED) is 0.436. The first kappa shape index (κ1) is 28.9. The fourth-order valence-electron chi connectivity index (χ4n) is 3.65. The molecule has 0 unspecified atom stereocenters. The van der Waals surface area contributed by atoms with E-state index >= 15 is 0 Å². The molecule has 37 heavy (non-hydrogen) atoms. The Bertz CT molecular complexity index is 1230. The minimum atomic E-state index is -3.88. The maximum absolute atomic E-state index is 13.7. The molecule has 0 aromatic heterocycles. The minimum absolute atomic E-state index is 0.0214. The lowest BCUT2D eigenvalue weighted by Gasteiger charge is -2.32. The molecule has 202 valence electrons. The van der Waals surface area contributed by atoms with Gasteiger partial charge in [-0.2, -0.15) is 0 Å². The van der Waals surface area contributed by atoms with Gasteiger partial charge < -0.3 is 19.7 Å². The van der Waals surface area contributed by atoms with Crippen LogP contribution in [0.15, 0.2) is 36.4 Å². The molecule has 3 rings (SSSR count). The number of hydrogen-bond acceptors (Lipinski definition) is 6. The maximum Gasteiger partial charge on any atom is 0.244 e. The van der Waals surface area contributed by atoms with E-state index in [1.54, 1.807) is 37.3 Å². The molecular formula is C25H31Cl2N3O6S. The van der Waals surface area contributed by atoms with Gasteiger partial charge in [0.15, 0.2) is 11.5 Å². The van der Waals surface area contributed by atoms with Crippen LogP contribution in [0.2, 0.25) is 10.0 Å². The molecule has 1 aliphatic rings. The van der Waals surface area contributed by atoms with Crippen LogP contribution < -0.4 is 19.1 Å². The molecule has 1 heterocycles. The molecule has 0 spiro atoms. The first-order chi connectivity index (χ1) is 17.4. The summed E-state index contributed by atoms with van der Waals surface area (Å²) < 4.78 is 37.9. The highest BCUT2D eigenvalue weighted by Crippen LogP contribution is 2.36. The topological polar surface area (TPSA) is 105 Å². The highest BCUT2D eigenvalue weighted by atomic mass is 35.5. The van der Waals surface area contributed by atoms with Crippen LogP contribution in [0.4, 0.5) is 5.69 Å². The van der Waals surface area contributed by atoms with Crippen molar-refractivity contribution in [1.29, 1.82) is 0 Å². The third-order valence-electron chi connectivity index (χ3n) is 5.87. The second kappa shape index (κ2) is 12.2. The Kier molecular flexibility index (Phi) is 9.55. The van der Waals surface area contributed by atoms with Crippen LogP contribution in [0.5, 0.6) is 11.5 Å². The van der Waals surface area contributed by atoms with Gasteiger partial charge in [0.05, 0.1) is 11.4 Å². The lowest BCUT2D eigenvalue weighted by Crippen LogP contribution is -2.51. The zero-order chi connectivity index (χ0) is 27.3. The smallest absolute Gasteiger partial charge is 0.244 e. The van der Waals surface area contributed by atoms with Crippen molar-refractivity contribution in [1.82, 2.24) is 10.2 Å². The molecule has 1 N–H and O–H groups in total. The zero-order valence-corrected chi connectivity index (χ0v) is 23.5. The number of carbonyl (C=O) groups is 2. The van der Waals surface area contributed by atoms with Crippen LogP contribution in [-0.4, -0.2) is 56.8 Å². The largest absolute Gasteiger partial charge is 0.454 e. The first-order valence-electron chi connectivity index (χ1n) is 11.8. The van der Waals surface area contributed by atoms with Crippen LogP contribution in [0.1, 0.15) is 33.3 Å². The molecule has 0 saturated carbocycles. The van der Waals surface area contributed by atoms with Crippen molar-refractivity contribution in [3.8, 4) is 11.5 Å². The summed E-state index contributed by atoms with van der Waals surface area (Å²) in [5.74, 6) is -0.155. The van der Waals surface area contributed by atoms with Crippen molar-refractivity contribution in [3.05, 3.63) is 52.0 Å². The Morgan fingerprint density at radius 2 is 1.70 bits per heavy atom. The van der Waals surface area contributed by atoms with Gasteiger partial charge in [0.1, 0.15) is 12.6 Å². The summed E-state index contributed by atoms with van der Waals surface area (Å²) in [6.07, 6.45) is 0. The normalized spacial score (nSPS) is 13.4. The number of halogens is 2. The molecule has 9 nitrogen and oxygen atoms in total. The first-order valence-corrected chi connectivity index (χ1v) is 14.2. The van der Waals surface area contributed by atoms with Crippen molar-refractivity contribution in [2.45, 2.75) is 40.3 Å². The summed E-state index contributed by atoms with van der Waals surface area (Å²) in [6.45, 7) is 6.79. The molecule has 0 fully saturated rings. The van der Waals surface area contributed by atoms with Crippen molar-refractivity contribution in [2.24, 2.45) is 5.92 Å². The molecule has 2 aromatic rings. The highest BCUT2D eigenvalue weighted by Gasteiger charge is 2.32. The SMILES string of the molecule is CCS(=O)(=O)N(CC(=O)N(Cc1c(Cl)cccc1Cl)[C@H](C)C(=O)NCC(C)C)c1ccc2c(c1)OCO2. The lowest BCUT2D eigenvalue weighted by atomic mass is 10.1. The van der Waals surface area contributed by atoms with E-state index in [9.17, 15) is 18.0 Å². The van der Waals surface area contributed by atoms with E-state index in [4.69, 9.17) is 32.7 Å². The Hall–Kier alpha value is -2.69. The van der Waals surface area contributed by atoms with E-state index in [1.165, 1.54) is 17.9 Å². The number of benzene rings is 2. The van der Waals surface area contributed by atoms with E-state index in [-0.39, 0.29) is 36.6 Å². The van der Waals surface area contributed by atoms with E-state index in [0.717, 1.165) is 4.31 Å². The van der Waals surface area contributed by atoms with Gasteiger partial charge >= 0.3 is 0 Å². The summed E-state index contributed by atoms with van der Waals surface area (Å²) in [6, 6.07) is 8.66. The Labute approximate surface area is 227 Å². The average Bonchev–Trinajstić information content (AvgIpc) is 3.33. The molecule has 2 amide bonds. The third kappa shape index (κ3) is 7.00. The molecular weight excluding hydrogens is 541 g/mol. The molecule has 0 aliphatic carbocycles. The van der Waals surface area contributed by atoms with E-state index in [1.807, 2.05) is 13.8 Å². The number of carbonyl (C=O) groups excluding carboxylic acids is 2. The van der Waals surface area contributed by atoms with Crippen LogP contribution in [0.3, 0.4) is 0 Å². The maximum atomic E-state index is 13.7. The second-order valence-corrected chi connectivity index (χ2v) is 12.0. The van der Waals surface area contributed by atoms with Crippen LogP contribution >= 0.6 is 23.2 Å². The average molecular weight is 573 g/mol. The number of fused-ring (bicyclic) bond motifs is 1. The number of hydrogen-bond donors (Lipinski definition) is 1. The number of amides is 2. The summed E-state index contributed by atoms with van der Waals surface area (Å²) in [4.78, 5) is 28.0. The number of sulfonamides is 1. The molecule has 0 bridgehead atoms. The van der Waals surface area contributed by atoms with Crippen LogP contribution in [0.25, 0.3) is 0 Å². The molecule has 1 aliphatic heterocycles. The van der Waals surface area contributed by atoms with Crippen LogP contribution in [-0.2, 0) is 26.2 Å². The second-order valence-electron chi connectivity index (χ2n) is 8.98. The molecule has 1 atom stereocenters. The number of nitrogens with one attached hydrogen (secondary N) is 1. The van der Waals surface area contributed by atoms with Gasteiger partial charge in [-0.3, -0.25) is 13.9 Å². The van der Waals surface area contributed by atoms with Crippen molar-refractivity contribution in [3.63, 3.8) is 0 Å². The number of nitrogens with zero attached hydrogens (tertiary/aromatic N) is 2. The van der Waals surface area contributed by atoms with Gasteiger partial charge in [0, 0.05) is 34.8 Å². The van der Waals surface area contributed by atoms with Gasteiger partial charge in [0.25, 0.3) is 0 Å². The third-order valence-corrected chi connectivity index (χ3v) is 8.31. The highest BCUT2D eigenvalue weighted by molar-refractivity contribution is 7.92. The fraction of sp³-hybridized carbons (Fsp3) is 0.440. The summed E-state index contributed by atoms with van der Waals surface area (Å²) in [5.41, 5.74) is 0.697. The molecule has 0 saturated heterocycles. The number of ether oxygens (including phenoxy) is 2. The van der Waals surface area contributed by atoms with Gasteiger partial charge in [0.2, 0.25) is 28.6 Å². The van der Waals surface area contributed by atoms with Crippen molar-refractivity contribution in [2.75, 3.05) is 29.9 Å². The van der Waals surface area contributed by atoms with Gasteiger partial charge in [-0.1, -0.05) is 43.1 Å². The monoisotopic (exact) mass is 571 g/mol. The Morgan fingerprint density at radius 1 is 1.05 bits per heavy atom. The summed E-state index contributed by atoms with van der Waals surface area (Å²) in [5, 5.41) is 3.48. The van der Waals surface area contributed by atoms with E-state index in [0.29, 0.717) is 33.7 Å². The van der Waals surface area contributed by atoms with E-state index in [2.05, 4.69) is 5.32 Å². The predicted octanol–water partition coefficient (Wildman–Crippen LogP) is 4.07. The molecule has 2 aromatic carbocycles. The van der Waals surface area contributed by atoms with Crippen LogP contribution in [0, 0.1) is 5.92 Å². The van der Waals surface area contributed by atoms with E-state index < -0.39 is 28.5 Å². The van der Waals surface area contributed by atoms with Gasteiger partial charge in [-0.15, -0.1) is 0 Å². The Morgan fingerprint density at radius 3 is 2.32 bits per heavy atom. The predicted molar refractivity (Wildman–Crippen MR) is 144 cm³/mol. The fourth-order valence-corrected chi connectivity index (χ4v) is 5.22. The van der Waals surface area contributed by atoms with Gasteiger partial charge in [-0.05, 0) is 44.0 Å². The lowest BCUT2D eigenvalue weighted by molar-refractivity contribution is -0.139. The zero-order valence-electron chi connectivity index (χ0n) is 21.2. The summed E-state index contributed by atoms with van der Waals surface area (Å²) in [7, 11) is -3.88. The number of anilines is 1. The van der Waals surface area contributed by atoms with Crippen molar-refractivity contribution >= 4 is 50.7 Å². The van der Waals surface area contributed by atoms with Gasteiger partial charge in [-0.25, -0.2) is 8.42 Å². The Balaban J connectivity index is 1.96. The molecule has 12 heteroatoms. The molecule has 0 radical (unpaired) electrons. The minimum Gasteiger partial charge on any atom is -0.454 e. The summed E-state index contributed by atoms with van der Waals surface area (Å²) >= 11 is 12.7.